The second-order valence-electron chi connectivity index (χ2n) is 4.30. The third-order valence-electron chi connectivity index (χ3n) is 2.95. The van der Waals surface area contributed by atoms with Crippen molar-refractivity contribution in [3.8, 4) is 0 Å². The van der Waals surface area contributed by atoms with Crippen molar-refractivity contribution in [1.82, 2.24) is 5.32 Å². The van der Waals surface area contributed by atoms with Crippen LogP contribution in [0.2, 0.25) is 0 Å². The zero-order chi connectivity index (χ0) is 13.8. The van der Waals surface area contributed by atoms with Crippen molar-refractivity contribution in [2.45, 2.75) is 25.8 Å². The van der Waals surface area contributed by atoms with Gasteiger partial charge < -0.3 is 10.4 Å². The van der Waals surface area contributed by atoms with Crippen molar-refractivity contribution in [3.05, 3.63) is 35.2 Å². The van der Waals surface area contributed by atoms with E-state index in [2.05, 4.69) is 5.32 Å². The van der Waals surface area contributed by atoms with Crippen LogP contribution in [-0.4, -0.2) is 23.0 Å². The van der Waals surface area contributed by atoms with Crippen LogP contribution >= 0.6 is 11.3 Å². The van der Waals surface area contributed by atoms with Crippen LogP contribution in [0.3, 0.4) is 0 Å². The molecule has 0 spiro atoms. The molecule has 2 rings (SSSR count). The van der Waals surface area contributed by atoms with Crippen LogP contribution in [0.5, 0.6) is 0 Å². The second kappa shape index (κ2) is 5.84. The molecular weight excluding hydrogens is 262 g/mol. The molecule has 0 saturated heterocycles. The molecule has 19 heavy (non-hydrogen) atoms. The Bertz CT molecular complexity index is 606. The van der Waals surface area contributed by atoms with Gasteiger partial charge in [0, 0.05) is 4.70 Å². The van der Waals surface area contributed by atoms with Crippen LogP contribution < -0.4 is 5.32 Å². The van der Waals surface area contributed by atoms with Gasteiger partial charge in [0.1, 0.15) is 6.04 Å². The summed E-state index contributed by atoms with van der Waals surface area (Å²) in [4.78, 5) is 22.7. The van der Waals surface area contributed by atoms with E-state index in [0.29, 0.717) is 6.42 Å². The lowest BCUT2D eigenvalue weighted by atomic mass is 10.1. The van der Waals surface area contributed by atoms with E-state index in [1.165, 1.54) is 0 Å². The van der Waals surface area contributed by atoms with Crippen LogP contribution in [0.4, 0.5) is 0 Å². The molecule has 0 fully saturated rings. The van der Waals surface area contributed by atoms with Crippen LogP contribution in [0, 0.1) is 0 Å². The van der Waals surface area contributed by atoms with Crippen LogP contribution in [0.25, 0.3) is 10.1 Å². The first-order valence-corrected chi connectivity index (χ1v) is 6.97. The number of hydrogen-bond donors (Lipinski definition) is 2. The quantitative estimate of drug-likeness (QED) is 0.882. The first-order valence-electron chi connectivity index (χ1n) is 6.09. The highest BCUT2D eigenvalue weighted by atomic mass is 32.1. The lowest BCUT2D eigenvalue weighted by Gasteiger charge is -2.11. The zero-order valence-corrected chi connectivity index (χ0v) is 11.4. The highest BCUT2D eigenvalue weighted by Gasteiger charge is 2.18. The number of amides is 1. The summed E-state index contributed by atoms with van der Waals surface area (Å²) in [5.74, 6) is -1.25. The monoisotopic (exact) mass is 277 g/mol. The number of thiophene rings is 1. The Morgan fingerprint density at radius 2 is 2.11 bits per heavy atom. The predicted octanol–water partition coefficient (Wildman–Crippen LogP) is 2.42. The Morgan fingerprint density at radius 3 is 2.79 bits per heavy atom. The molecule has 1 unspecified atom stereocenters. The summed E-state index contributed by atoms with van der Waals surface area (Å²) in [6.07, 6.45) is 0.596. The number of rotatable bonds is 5. The Labute approximate surface area is 115 Å². The van der Waals surface area contributed by atoms with E-state index in [0.717, 1.165) is 15.6 Å². The molecule has 1 atom stereocenters. The maximum atomic E-state index is 11.9. The average Bonchev–Trinajstić information content (AvgIpc) is 2.79. The van der Waals surface area contributed by atoms with E-state index in [1.807, 2.05) is 29.6 Å². The van der Waals surface area contributed by atoms with E-state index in [4.69, 9.17) is 5.11 Å². The third-order valence-corrected chi connectivity index (χ3v) is 3.97. The molecule has 2 N–H and O–H groups in total. The van der Waals surface area contributed by atoms with Crippen LogP contribution in [-0.2, 0) is 16.0 Å². The van der Waals surface area contributed by atoms with E-state index in [-0.39, 0.29) is 12.3 Å². The Balaban J connectivity index is 2.09. The number of fused-ring (bicyclic) bond motifs is 1. The molecule has 100 valence electrons. The second-order valence-corrected chi connectivity index (χ2v) is 5.21. The Hall–Kier alpha value is -1.88. The fraction of sp³-hybridized carbons (Fsp3) is 0.286. The van der Waals surface area contributed by atoms with Gasteiger partial charge in [0.15, 0.2) is 0 Å². The predicted molar refractivity (Wildman–Crippen MR) is 75.4 cm³/mol. The maximum absolute atomic E-state index is 11.9. The summed E-state index contributed by atoms with van der Waals surface area (Å²) < 4.78 is 1.13. The molecule has 0 aliphatic carbocycles. The normalized spacial score (nSPS) is 12.3. The lowest BCUT2D eigenvalue weighted by Crippen LogP contribution is -2.40. The van der Waals surface area contributed by atoms with E-state index < -0.39 is 12.0 Å². The molecule has 0 bridgehead atoms. The zero-order valence-electron chi connectivity index (χ0n) is 10.6. The molecule has 1 aromatic carbocycles. The summed E-state index contributed by atoms with van der Waals surface area (Å²) >= 11 is 1.59. The standard InChI is InChI=1S/C14H15NO3S/c1-2-11(14(17)18)15-13(16)7-9-8-19-12-6-4-3-5-10(9)12/h3-6,8,11H,2,7H2,1H3,(H,15,16)(H,17,18). The molecule has 5 heteroatoms. The lowest BCUT2D eigenvalue weighted by molar-refractivity contribution is -0.141. The van der Waals surface area contributed by atoms with Crippen molar-refractivity contribution in [1.29, 1.82) is 0 Å². The summed E-state index contributed by atoms with van der Waals surface area (Å²) in [6, 6.07) is 7.07. The molecule has 0 saturated carbocycles. The number of nitrogens with one attached hydrogen (secondary N) is 1. The van der Waals surface area contributed by atoms with Gasteiger partial charge in [-0.2, -0.15) is 0 Å². The van der Waals surface area contributed by atoms with Crippen molar-refractivity contribution in [2.75, 3.05) is 0 Å². The molecule has 1 aromatic heterocycles. The highest BCUT2D eigenvalue weighted by molar-refractivity contribution is 7.17. The van der Waals surface area contributed by atoms with Gasteiger partial charge in [-0.3, -0.25) is 4.79 Å². The molecular formula is C14H15NO3S. The van der Waals surface area contributed by atoms with Gasteiger partial charge in [0.25, 0.3) is 0 Å². The largest absolute Gasteiger partial charge is 0.480 e. The molecule has 1 heterocycles. The molecule has 0 aliphatic rings. The van der Waals surface area contributed by atoms with E-state index in [9.17, 15) is 9.59 Å². The van der Waals surface area contributed by atoms with E-state index >= 15 is 0 Å². The highest BCUT2D eigenvalue weighted by Crippen LogP contribution is 2.25. The van der Waals surface area contributed by atoms with Crippen molar-refractivity contribution in [3.63, 3.8) is 0 Å². The first-order chi connectivity index (χ1) is 9.11. The van der Waals surface area contributed by atoms with Gasteiger partial charge in [-0.05, 0) is 28.8 Å². The molecule has 2 aromatic rings. The molecule has 0 radical (unpaired) electrons. The number of aliphatic carboxylic acids is 1. The van der Waals surface area contributed by atoms with Crippen LogP contribution in [0.1, 0.15) is 18.9 Å². The summed E-state index contributed by atoms with van der Waals surface area (Å²) in [7, 11) is 0. The molecule has 4 nitrogen and oxygen atoms in total. The number of hydrogen-bond acceptors (Lipinski definition) is 3. The number of benzene rings is 1. The topological polar surface area (TPSA) is 66.4 Å². The third kappa shape index (κ3) is 3.12. The maximum Gasteiger partial charge on any atom is 0.326 e. The van der Waals surface area contributed by atoms with Crippen LogP contribution in [0.15, 0.2) is 29.6 Å². The Morgan fingerprint density at radius 1 is 1.37 bits per heavy atom. The van der Waals surface area contributed by atoms with Crippen molar-refractivity contribution < 1.29 is 14.7 Å². The Kier molecular flexibility index (Phi) is 4.16. The minimum absolute atomic E-state index is 0.216. The summed E-state index contributed by atoms with van der Waals surface area (Å²) in [5, 5.41) is 14.5. The summed E-state index contributed by atoms with van der Waals surface area (Å²) in [6.45, 7) is 1.74. The number of carboxylic acid groups (broad SMARTS) is 1. The summed E-state index contributed by atoms with van der Waals surface area (Å²) in [5.41, 5.74) is 0.943. The van der Waals surface area contributed by atoms with Gasteiger partial charge in [0.05, 0.1) is 6.42 Å². The fourth-order valence-electron chi connectivity index (χ4n) is 1.93. The minimum atomic E-state index is -0.994. The minimum Gasteiger partial charge on any atom is -0.480 e. The van der Waals surface area contributed by atoms with Gasteiger partial charge >= 0.3 is 5.97 Å². The van der Waals surface area contributed by atoms with Crippen molar-refractivity contribution in [2.24, 2.45) is 0 Å². The van der Waals surface area contributed by atoms with Gasteiger partial charge in [-0.15, -0.1) is 11.3 Å². The average molecular weight is 277 g/mol. The van der Waals surface area contributed by atoms with Gasteiger partial charge in [0.2, 0.25) is 5.91 Å². The molecule has 1 amide bonds. The van der Waals surface area contributed by atoms with Gasteiger partial charge in [-0.1, -0.05) is 25.1 Å². The number of carbonyl (C=O) groups excluding carboxylic acids is 1. The van der Waals surface area contributed by atoms with Gasteiger partial charge in [-0.25, -0.2) is 4.79 Å². The number of carboxylic acids is 1. The van der Waals surface area contributed by atoms with E-state index in [1.54, 1.807) is 18.3 Å². The smallest absolute Gasteiger partial charge is 0.326 e. The first kappa shape index (κ1) is 13.5. The van der Waals surface area contributed by atoms with Crippen molar-refractivity contribution >= 4 is 33.3 Å². The number of carbonyl (C=O) groups is 2. The fourth-order valence-corrected chi connectivity index (χ4v) is 2.89. The SMILES string of the molecule is CCC(NC(=O)Cc1csc2ccccc12)C(=O)O. The molecule has 0 aliphatic heterocycles.